The molecule has 0 bridgehead atoms. The van der Waals surface area contributed by atoms with E-state index in [1.165, 1.54) is 14.0 Å². The Morgan fingerprint density at radius 1 is 1.20 bits per heavy atom. The van der Waals surface area contributed by atoms with Crippen LogP contribution in [0.25, 0.3) is 0 Å². The smallest absolute Gasteiger partial charge is 0.326 e. The summed E-state index contributed by atoms with van der Waals surface area (Å²) in [6.45, 7) is 1.42. The van der Waals surface area contributed by atoms with Crippen LogP contribution in [0.4, 0.5) is 0 Å². The van der Waals surface area contributed by atoms with E-state index in [2.05, 4.69) is 0 Å². The van der Waals surface area contributed by atoms with Gasteiger partial charge in [-0.25, -0.2) is 4.79 Å². The monoisotopic (exact) mass is 297 g/mol. The molecule has 1 amide bonds. The van der Waals surface area contributed by atoms with Gasteiger partial charge in [-0.05, 0) is 31.2 Å². The third-order valence-electron chi connectivity index (χ3n) is 3.06. The second-order valence-electron chi connectivity index (χ2n) is 4.45. The summed E-state index contributed by atoms with van der Waals surface area (Å²) in [5, 5.41) is 9.34. The van der Waals surface area contributed by atoms with Gasteiger partial charge in [0.05, 0.1) is 0 Å². The lowest BCUT2D eigenvalue weighted by atomic mass is 10.1. The molecule has 0 aliphatic rings. The molecule has 1 rings (SSSR count). The third-order valence-corrected chi connectivity index (χ3v) is 3.32. The fraction of sp³-hybridized carbons (Fsp3) is 0.357. The van der Waals surface area contributed by atoms with Gasteiger partial charge in [-0.1, -0.05) is 11.6 Å². The van der Waals surface area contributed by atoms with Crippen LogP contribution in [0, 0.1) is 0 Å². The van der Waals surface area contributed by atoms with Crippen LogP contribution in [0.3, 0.4) is 0 Å². The number of carbonyl (C=O) groups excluding carboxylic acids is 2. The molecule has 1 unspecified atom stereocenters. The molecule has 20 heavy (non-hydrogen) atoms. The number of aliphatic carboxylic acids is 1. The summed E-state index contributed by atoms with van der Waals surface area (Å²) >= 11 is 5.72. The highest BCUT2D eigenvalue weighted by Gasteiger charge is 2.22. The maximum Gasteiger partial charge on any atom is 0.326 e. The van der Waals surface area contributed by atoms with E-state index in [1.54, 1.807) is 24.3 Å². The molecule has 5 nitrogen and oxygen atoms in total. The number of likely N-dealkylation sites (N-methyl/N-ethyl adjacent to an activating group) is 1. The van der Waals surface area contributed by atoms with E-state index >= 15 is 0 Å². The van der Waals surface area contributed by atoms with Gasteiger partial charge in [-0.15, -0.1) is 0 Å². The number of benzene rings is 1. The van der Waals surface area contributed by atoms with Crippen molar-refractivity contribution in [2.45, 2.75) is 25.8 Å². The van der Waals surface area contributed by atoms with Gasteiger partial charge in [-0.3, -0.25) is 9.59 Å². The molecule has 6 heteroatoms. The van der Waals surface area contributed by atoms with Crippen molar-refractivity contribution in [3.05, 3.63) is 34.9 Å². The average Bonchev–Trinajstić information content (AvgIpc) is 2.43. The number of carboxylic acid groups (broad SMARTS) is 1. The summed E-state index contributed by atoms with van der Waals surface area (Å²) < 4.78 is 0. The molecule has 0 aliphatic heterocycles. The second kappa shape index (κ2) is 7.05. The minimum atomic E-state index is -1.08. The first-order valence-electron chi connectivity index (χ1n) is 6.10. The van der Waals surface area contributed by atoms with Crippen LogP contribution in [-0.4, -0.2) is 40.8 Å². The first-order chi connectivity index (χ1) is 9.32. The summed E-state index contributed by atoms with van der Waals surface area (Å²) in [6.07, 6.45) is 0.0206. The number of carboxylic acids is 1. The summed E-state index contributed by atoms with van der Waals surface area (Å²) in [4.78, 5) is 35.5. The number of amides is 1. The Hall–Kier alpha value is -1.88. The molecule has 0 saturated heterocycles. The van der Waals surface area contributed by atoms with Gasteiger partial charge in [0.15, 0.2) is 5.78 Å². The number of ketones is 1. The highest BCUT2D eigenvalue weighted by molar-refractivity contribution is 6.30. The van der Waals surface area contributed by atoms with Gasteiger partial charge in [0, 0.05) is 30.5 Å². The molecular weight excluding hydrogens is 282 g/mol. The topological polar surface area (TPSA) is 74.7 Å². The van der Waals surface area contributed by atoms with Crippen LogP contribution in [0.2, 0.25) is 5.02 Å². The minimum absolute atomic E-state index is 0.0183. The SMILES string of the molecule is CC(C(=O)O)N(C)C(=O)CCC(=O)c1ccc(Cl)cc1. The summed E-state index contributed by atoms with van der Waals surface area (Å²) in [7, 11) is 1.41. The van der Waals surface area contributed by atoms with Crippen molar-refractivity contribution in [3.63, 3.8) is 0 Å². The normalized spacial score (nSPS) is 11.8. The predicted molar refractivity (Wildman–Crippen MR) is 74.9 cm³/mol. The first kappa shape index (κ1) is 16.2. The van der Waals surface area contributed by atoms with Crippen LogP contribution in [0.1, 0.15) is 30.1 Å². The van der Waals surface area contributed by atoms with Crippen molar-refractivity contribution < 1.29 is 19.5 Å². The molecule has 1 aromatic rings. The largest absolute Gasteiger partial charge is 0.480 e. The Labute approximate surface area is 122 Å². The van der Waals surface area contributed by atoms with E-state index in [0.717, 1.165) is 4.90 Å². The van der Waals surface area contributed by atoms with Crippen molar-refractivity contribution in [1.82, 2.24) is 4.90 Å². The number of carbonyl (C=O) groups is 3. The lowest BCUT2D eigenvalue weighted by molar-refractivity contribution is -0.148. The van der Waals surface area contributed by atoms with E-state index in [0.29, 0.717) is 10.6 Å². The molecule has 0 fully saturated rings. The van der Waals surface area contributed by atoms with E-state index in [9.17, 15) is 14.4 Å². The van der Waals surface area contributed by atoms with Crippen LogP contribution in [-0.2, 0) is 9.59 Å². The van der Waals surface area contributed by atoms with Gasteiger partial charge >= 0.3 is 5.97 Å². The summed E-state index contributed by atoms with van der Waals surface area (Å²) in [6, 6.07) is 5.50. The molecule has 1 N–H and O–H groups in total. The van der Waals surface area contributed by atoms with Crippen LogP contribution >= 0.6 is 11.6 Å². The zero-order chi connectivity index (χ0) is 15.3. The van der Waals surface area contributed by atoms with Crippen molar-refractivity contribution >= 4 is 29.3 Å². The number of hydrogen-bond acceptors (Lipinski definition) is 3. The van der Waals surface area contributed by atoms with Crippen LogP contribution in [0.15, 0.2) is 24.3 Å². The quantitative estimate of drug-likeness (QED) is 0.817. The molecule has 0 spiro atoms. The van der Waals surface area contributed by atoms with Gasteiger partial charge in [0.1, 0.15) is 6.04 Å². The minimum Gasteiger partial charge on any atom is -0.480 e. The second-order valence-corrected chi connectivity index (χ2v) is 4.89. The first-order valence-corrected chi connectivity index (χ1v) is 6.48. The molecular formula is C14H16ClNO4. The Morgan fingerprint density at radius 3 is 2.25 bits per heavy atom. The van der Waals surface area contributed by atoms with Gasteiger partial charge in [-0.2, -0.15) is 0 Å². The van der Waals surface area contributed by atoms with Crippen molar-refractivity contribution in [3.8, 4) is 0 Å². The molecule has 0 aromatic heterocycles. The highest BCUT2D eigenvalue weighted by atomic mass is 35.5. The molecule has 0 heterocycles. The fourth-order valence-corrected chi connectivity index (χ4v) is 1.68. The predicted octanol–water partition coefficient (Wildman–Crippen LogP) is 2.23. The lowest BCUT2D eigenvalue weighted by Gasteiger charge is -2.21. The number of halogens is 1. The number of Topliss-reactive ketones (excluding diaryl/α,β-unsaturated/α-hetero) is 1. The van der Waals surface area contributed by atoms with Crippen LogP contribution < -0.4 is 0 Å². The molecule has 0 radical (unpaired) electrons. The molecule has 1 atom stereocenters. The third kappa shape index (κ3) is 4.35. The fourth-order valence-electron chi connectivity index (χ4n) is 1.56. The van der Waals surface area contributed by atoms with E-state index in [4.69, 9.17) is 16.7 Å². The lowest BCUT2D eigenvalue weighted by Crippen LogP contribution is -2.40. The zero-order valence-electron chi connectivity index (χ0n) is 11.3. The van der Waals surface area contributed by atoms with Gasteiger partial charge in [0.25, 0.3) is 0 Å². The van der Waals surface area contributed by atoms with Gasteiger partial charge in [0.2, 0.25) is 5.91 Å². The molecule has 0 saturated carbocycles. The number of nitrogens with zero attached hydrogens (tertiary/aromatic N) is 1. The maximum absolute atomic E-state index is 11.9. The Kier molecular flexibility index (Phi) is 5.70. The van der Waals surface area contributed by atoms with E-state index in [1.807, 2.05) is 0 Å². The zero-order valence-corrected chi connectivity index (χ0v) is 12.1. The average molecular weight is 298 g/mol. The standard InChI is InChI=1S/C14H16ClNO4/c1-9(14(19)20)16(2)13(18)8-7-12(17)10-3-5-11(15)6-4-10/h3-6,9H,7-8H2,1-2H3,(H,19,20). The van der Waals surface area contributed by atoms with E-state index in [-0.39, 0.29) is 24.5 Å². The van der Waals surface area contributed by atoms with Gasteiger partial charge < -0.3 is 10.0 Å². The Bertz CT molecular complexity index is 512. The Balaban J connectivity index is 2.54. The molecule has 1 aromatic carbocycles. The van der Waals surface area contributed by atoms with Crippen molar-refractivity contribution in [2.24, 2.45) is 0 Å². The highest BCUT2D eigenvalue weighted by Crippen LogP contribution is 2.12. The van der Waals surface area contributed by atoms with Crippen LogP contribution in [0.5, 0.6) is 0 Å². The summed E-state index contributed by atoms with van der Waals surface area (Å²) in [5.74, 6) is -1.63. The number of rotatable bonds is 6. The summed E-state index contributed by atoms with van der Waals surface area (Å²) in [5.41, 5.74) is 0.483. The van der Waals surface area contributed by atoms with Crippen molar-refractivity contribution in [2.75, 3.05) is 7.05 Å². The van der Waals surface area contributed by atoms with Crippen molar-refractivity contribution in [1.29, 1.82) is 0 Å². The molecule has 0 aliphatic carbocycles. The number of hydrogen-bond donors (Lipinski definition) is 1. The molecule has 108 valence electrons. The Morgan fingerprint density at radius 2 is 1.75 bits per heavy atom. The van der Waals surface area contributed by atoms with E-state index < -0.39 is 12.0 Å². The maximum atomic E-state index is 11.9.